The fourth-order valence-corrected chi connectivity index (χ4v) is 3.44. The van der Waals surface area contributed by atoms with Crippen molar-refractivity contribution >= 4 is 23.4 Å². The molecule has 36 heavy (non-hydrogen) atoms. The van der Waals surface area contributed by atoms with Gasteiger partial charge in [-0.25, -0.2) is 14.8 Å². The Balaban J connectivity index is 1.35. The number of anilines is 3. The van der Waals surface area contributed by atoms with Crippen LogP contribution in [0.25, 0.3) is 11.1 Å². The number of nitrogens with zero attached hydrogens (tertiary/aromatic N) is 4. The van der Waals surface area contributed by atoms with Crippen molar-refractivity contribution in [3.05, 3.63) is 60.4 Å². The van der Waals surface area contributed by atoms with E-state index in [1.54, 1.807) is 31.2 Å². The Hall–Kier alpha value is -3.79. The molecule has 1 atom stereocenters. The zero-order valence-corrected chi connectivity index (χ0v) is 19.2. The lowest BCUT2D eigenvalue weighted by Gasteiger charge is -2.40. The number of likely N-dealkylation sites (N-methyl/N-ethyl adjacent to an activating group) is 1. The summed E-state index contributed by atoms with van der Waals surface area (Å²) in [6.07, 6.45) is -2.52. The van der Waals surface area contributed by atoms with Crippen LogP contribution in [0.2, 0.25) is 0 Å². The topological polar surface area (TPSA) is 82.6 Å². The van der Waals surface area contributed by atoms with Gasteiger partial charge in [-0.2, -0.15) is 8.78 Å². The highest BCUT2D eigenvalue weighted by molar-refractivity contribution is 5.91. The average molecular weight is 504 g/mol. The second-order valence-corrected chi connectivity index (χ2v) is 8.08. The predicted molar refractivity (Wildman–Crippen MR) is 134 cm³/mol. The molecule has 0 radical (unpaired) electrons. The summed E-state index contributed by atoms with van der Waals surface area (Å²) in [5, 5.41) is 5.43. The van der Waals surface area contributed by atoms with Crippen molar-refractivity contribution in [2.24, 2.45) is 0 Å². The third-order valence-electron chi connectivity index (χ3n) is 5.58. The van der Waals surface area contributed by atoms with Crippen LogP contribution in [0.4, 0.5) is 30.9 Å². The highest BCUT2D eigenvalue weighted by Gasteiger charge is 2.50. The predicted octanol–water partition coefficient (Wildman–Crippen LogP) is 5.11. The van der Waals surface area contributed by atoms with E-state index in [-0.39, 0.29) is 22.3 Å². The molecule has 1 spiro atoms. The summed E-state index contributed by atoms with van der Waals surface area (Å²) in [5.41, 5.74) is -0.187. The summed E-state index contributed by atoms with van der Waals surface area (Å²) in [4.78, 5) is 22.8. The minimum absolute atomic E-state index is 0.00441. The van der Waals surface area contributed by atoms with Gasteiger partial charge in [0.25, 0.3) is 0 Å². The number of rotatable bonds is 6. The van der Waals surface area contributed by atoms with Crippen LogP contribution in [0, 0.1) is 6.92 Å². The number of aromatic nitrogens is 2. The summed E-state index contributed by atoms with van der Waals surface area (Å²) in [6, 6.07) is 9.38. The molecular weight excluding hydrogens is 466 g/mol. The number of hydrogen-bond donors (Lipinski definition) is 2. The molecule has 2 heterocycles. The van der Waals surface area contributed by atoms with Crippen molar-refractivity contribution in [3.8, 4) is 16.9 Å². The lowest BCUT2D eigenvalue weighted by atomic mass is 10.1. The standard InChI is InChI=1S/C26H28F2N6O2/c1-17-3-6-20(13-22(17)32-25(35)34-12-11-33(2)26(16-34)9-10-26)31-24-29-14-19(15-30-24)18-4-7-21(8-5-18)36-23(27)28/h3-8,13-15,23H,9-12,16H2,1-2H3,(H,32,35)(H,29,30,31)/i9D2,10D2,11D2,12D2,16D. The van der Waals surface area contributed by atoms with Crippen LogP contribution in [0.3, 0.4) is 0 Å². The van der Waals surface area contributed by atoms with E-state index >= 15 is 0 Å². The van der Waals surface area contributed by atoms with E-state index in [2.05, 4.69) is 25.3 Å². The molecule has 2 amide bonds. The highest BCUT2D eigenvalue weighted by Crippen LogP contribution is 2.43. The van der Waals surface area contributed by atoms with Gasteiger partial charge < -0.3 is 20.3 Å². The lowest BCUT2D eigenvalue weighted by Crippen LogP contribution is -2.55. The number of hydrogen-bond acceptors (Lipinski definition) is 6. The molecule has 1 aromatic heterocycles. The van der Waals surface area contributed by atoms with Crippen molar-refractivity contribution < 1.29 is 30.6 Å². The van der Waals surface area contributed by atoms with Gasteiger partial charge in [0.2, 0.25) is 5.95 Å². The molecule has 1 aliphatic heterocycles. The zero-order chi connectivity index (χ0) is 33.3. The van der Waals surface area contributed by atoms with Gasteiger partial charge in [-0.1, -0.05) is 18.2 Å². The largest absolute Gasteiger partial charge is 0.435 e. The number of alkyl halides is 2. The quantitative estimate of drug-likeness (QED) is 0.487. The summed E-state index contributed by atoms with van der Waals surface area (Å²) in [5.74, 6) is 0.164. The van der Waals surface area contributed by atoms with Crippen LogP contribution in [0.15, 0.2) is 54.9 Å². The van der Waals surface area contributed by atoms with Gasteiger partial charge in [0.1, 0.15) is 5.75 Å². The first kappa shape index (κ1) is 15.4. The molecule has 3 aromatic rings. The second-order valence-electron chi connectivity index (χ2n) is 8.08. The van der Waals surface area contributed by atoms with E-state index in [9.17, 15) is 13.6 Å². The number of amides is 2. The third-order valence-corrected chi connectivity index (χ3v) is 5.58. The average Bonchev–Trinajstić information content (AvgIpc) is 3.32. The molecule has 8 nitrogen and oxygen atoms in total. The first-order chi connectivity index (χ1) is 20.8. The molecule has 0 bridgehead atoms. The summed E-state index contributed by atoms with van der Waals surface area (Å²) < 4.78 is 104. The molecule has 1 saturated heterocycles. The normalized spacial score (nSPS) is 28.1. The van der Waals surface area contributed by atoms with Crippen molar-refractivity contribution in [1.29, 1.82) is 0 Å². The number of carbonyl (C=O) groups excluding carboxylic acids is 1. The SMILES string of the molecule is [2H]C1N(C(=O)Nc2cc(Nc3ncc(-c4ccc(OC(F)F)cc4)cn3)ccc2C)C([2H])([2H])C([2H])([2H])N(C)C12C([2H])([2H])C2([2H])[2H]. The van der Waals surface area contributed by atoms with Gasteiger partial charge >= 0.3 is 12.6 Å². The second kappa shape index (κ2) is 9.69. The smallest absolute Gasteiger partial charge is 0.387 e. The molecule has 188 valence electrons. The Morgan fingerprint density at radius 1 is 1.11 bits per heavy atom. The Morgan fingerprint density at radius 3 is 2.50 bits per heavy atom. The maximum Gasteiger partial charge on any atom is 0.387 e. The number of ether oxygens (including phenoxy) is 1. The Bertz CT molecular complexity index is 1600. The molecule has 1 unspecified atom stereocenters. The van der Waals surface area contributed by atoms with Gasteiger partial charge in [-0.15, -0.1) is 0 Å². The maximum atomic E-state index is 13.5. The molecular formula is C26H28F2N6O2. The number of halogens is 2. The van der Waals surface area contributed by atoms with Crippen molar-refractivity contribution in [2.75, 3.05) is 37.2 Å². The Labute approximate surface area is 220 Å². The van der Waals surface area contributed by atoms with Gasteiger partial charge in [0.15, 0.2) is 0 Å². The summed E-state index contributed by atoms with van der Waals surface area (Å²) in [6.45, 7) is -9.69. The van der Waals surface area contributed by atoms with Crippen LogP contribution in [0.1, 0.15) is 30.6 Å². The van der Waals surface area contributed by atoms with E-state index in [1.807, 2.05) is 0 Å². The fraction of sp³-hybridized carbons (Fsp3) is 0.346. The lowest BCUT2D eigenvalue weighted by molar-refractivity contribution is -0.0498. The molecule has 1 aliphatic carbocycles. The Kier molecular flexibility index (Phi) is 4.13. The van der Waals surface area contributed by atoms with Crippen molar-refractivity contribution in [2.45, 2.75) is 31.8 Å². The number of piperazine rings is 1. The van der Waals surface area contributed by atoms with E-state index in [4.69, 9.17) is 12.3 Å². The number of nitrogens with one attached hydrogen (secondary N) is 2. The van der Waals surface area contributed by atoms with Gasteiger partial charge in [-0.3, -0.25) is 4.90 Å². The van der Waals surface area contributed by atoms with E-state index in [0.29, 0.717) is 27.3 Å². The molecule has 5 rings (SSSR count). The van der Waals surface area contributed by atoms with Crippen molar-refractivity contribution in [3.63, 3.8) is 0 Å². The van der Waals surface area contributed by atoms with Crippen LogP contribution in [0.5, 0.6) is 5.75 Å². The maximum absolute atomic E-state index is 13.5. The number of benzene rings is 2. The minimum atomic E-state index is -3.16. The highest BCUT2D eigenvalue weighted by atomic mass is 19.3. The molecule has 2 aromatic carbocycles. The van der Waals surface area contributed by atoms with Gasteiger partial charge in [0.05, 0.1) is 4.11 Å². The fourth-order valence-electron chi connectivity index (χ4n) is 3.44. The number of carbonyl (C=O) groups is 1. The first-order valence-corrected chi connectivity index (χ1v) is 10.8. The summed E-state index contributed by atoms with van der Waals surface area (Å²) >= 11 is 0. The van der Waals surface area contributed by atoms with Crippen LogP contribution < -0.4 is 15.4 Å². The molecule has 10 heteroatoms. The minimum Gasteiger partial charge on any atom is -0.435 e. The van der Waals surface area contributed by atoms with E-state index in [0.717, 1.165) is 7.05 Å². The monoisotopic (exact) mass is 503 g/mol. The van der Waals surface area contributed by atoms with Crippen LogP contribution in [-0.2, 0) is 0 Å². The van der Waals surface area contributed by atoms with E-state index in [1.165, 1.54) is 30.6 Å². The molecule has 1 saturated carbocycles. The number of urea groups is 1. The molecule has 2 aliphatic rings. The zero-order valence-electron chi connectivity index (χ0n) is 28.2. The van der Waals surface area contributed by atoms with Crippen molar-refractivity contribution in [1.82, 2.24) is 19.8 Å². The first-order valence-electron chi connectivity index (χ1n) is 15.4. The summed E-state index contributed by atoms with van der Waals surface area (Å²) in [7, 11) is 1.01. The Morgan fingerprint density at radius 2 is 1.83 bits per heavy atom. The van der Waals surface area contributed by atoms with Crippen LogP contribution in [-0.4, -0.2) is 64.5 Å². The molecule has 2 N–H and O–H groups in total. The van der Waals surface area contributed by atoms with Gasteiger partial charge in [-0.05, 0) is 62.1 Å². The molecule has 2 fully saturated rings. The number of aryl methyl sites for hydroxylation is 1. The van der Waals surface area contributed by atoms with Gasteiger partial charge in [0, 0.05) is 62.6 Å². The van der Waals surface area contributed by atoms with Crippen LogP contribution >= 0.6 is 0 Å². The third kappa shape index (κ3) is 5.23. The van der Waals surface area contributed by atoms with E-state index < -0.39 is 50.4 Å².